The molecule has 4 fully saturated rings. The fourth-order valence-corrected chi connectivity index (χ4v) is 10.8. The number of fused-ring (bicyclic) bond motifs is 1. The Labute approximate surface area is 363 Å². The molecule has 5 heterocycles. The Morgan fingerprint density at radius 3 is 2.25 bits per heavy atom. The Kier molecular flexibility index (Phi) is 15.8. The van der Waals surface area contributed by atoms with E-state index < -0.39 is 95.9 Å². The predicted molar refractivity (Wildman–Crippen MR) is 226 cm³/mol. The van der Waals surface area contributed by atoms with E-state index in [0.29, 0.717) is 32.4 Å². The number of likely N-dealkylation sites (N-methyl/N-ethyl adjacent to an activating group) is 1. The van der Waals surface area contributed by atoms with Crippen molar-refractivity contribution in [3.05, 3.63) is 12.3 Å². The molecule has 0 aromatic rings. The van der Waals surface area contributed by atoms with Crippen LogP contribution < -0.4 is 0 Å². The molecular weight excluding hydrogens is 791 g/mol. The van der Waals surface area contributed by atoms with Crippen molar-refractivity contribution in [2.45, 2.75) is 186 Å². The SMILES string of the molecule is CC[C@H]1OC(=O)[C@H](C)[C@@H](O[C@H]2C[C@@](C)(OC)[C@@H](O)[C@H](C)O2)[C@H](C)[C@@H](O[C@@H]2O[C@H](C)C[C@H](N(C)C)[C@H]2OC=CC(C)=O)[C@@](C)(OC)C[C@@H](C)C2=NCCN3C(=O)O[C@@]1(C)[C@H]3[C@H]2C. The van der Waals surface area contributed by atoms with Gasteiger partial charge in [-0.2, -0.15) is 0 Å². The number of cyclic esters (lactones) is 1. The van der Waals surface area contributed by atoms with Gasteiger partial charge >= 0.3 is 12.1 Å². The van der Waals surface area contributed by atoms with E-state index in [-0.39, 0.29) is 36.2 Å². The molecule has 16 heteroatoms. The van der Waals surface area contributed by atoms with Crippen LogP contribution in [0.1, 0.15) is 102 Å². The van der Waals surface area contributed by atoms with Crippen LogP contribution in [0.15, 0.2) is 17.3 Å². The third kappa shape index (κ3) is 10.0. The van der Waals surface area contributed by atoms with Crippen LogP contribution in [0.4, 0.5) is 4.79 Å². The predicted octanol–water partition coefficient (Wildman–Crippen LogP) is 4.92. The molecule has 1 N–H and O–H groups in total. The van der Waals surface area contributed by atoms with Crippen LogP contribution in [0.5, 0.6) is 0 Å². The largest absolute Gasteiger partial charge is 0.491 e. The van der Waals surface area contributed by atoms with Crippen molar-refractivity contribution in [2.75, 3.05) is 41.4 Å². The molecule has 5 aliphatic heterocycles. The average molecular weight is 866 g/mol. The van der Waals surface area contributed by atoms with E-state index in [1.54, 1.807) is 33.0 Å². The number of ether oxygens (including phenoxy) is 9. The summed E-state index contributed by atoms with van der Waals surface area (Å²) < 4.78 is 58.7. The zero-order valence-corrected chi connectivity index (χ0v) is 39.2. The molecule has 4 saturated heterocycles. The number of esters is 1. The standard InChI is InChI=1S/C45H75N3O13/c1-16-32-45(11)37-27(5)34(46-18-19-48(37)42(52)61-45)24(2)22-44(10,54-15)39(60-41-36(55-20-17-25(3)49)31(47(12)13)21-26(4)56-41)28(6)35(29(7)40(51)58-32)59-33-23-43(9,53-14)38(50)30(8)57-33/h17,20,24,26-33,35-39,41,50H,16,18-19,21-23H2,1-15H3/t24-,26-,27+,28+,29-,30+,31+,32-,33+,35+,36-,37-,38+,39-,41+,43-,44+,45-/m1/s1. The summed E-state index contributed by atoms with van der Waals surface area (Å²) >= 11 is 0. The number of hydrogen-bond acceptors (Lipinski definition) is 15. The molecule has 2 bridgehead atoms. The number of ketones is 1. The van der Waals surface area contributed by atoms with Gasteiger partial charge in [0.25, 0.3) is 0 Å². The van der Waals surface area contributed by atoms with Gasteiger partial charge in [-0.25, -0.2) is 4.79 Å². The number of aliphatic hydroxyl groups excluding tert-OH is 1. The normalized spacial score (nSPS) is 45.2. The third-order valence-corrected chi connectivity index (χ3v) is 14.3. The first-order valence-corrected chi connectivity index (χ1v) is 22.2. The van der Waals surface area contributed by atoms with E-state index in [9.17, 15) is 19.5 Å². The summed E-state index contributed by atoms with van der Waals surface area (Å²) in [7, 11) is 7.12. The van der Waals surface area contributed by atoms with Crippen molar-refractivity contribution in [2.24, 2.45) is 28.7 Å². The highest BCUT2D eigenvalue weighted by Crippen LogP contribution is 2.45. The molecule has 0 aromatic heterocycles. The number of allylic oxidation sites excluding steroid dienone is 1. The topological polar surface area (TPSA) is 173 Å². The van der Waals surface area contributed by atoms with Crippen molar-refractivity contribution in [3.63, 3.8) is 0 Å². The maximum absolute atomic E-state index is 14.8. The van der Waals surface area contributed by atoms with Crippen molar-refractivity contribution < 1.29 is 62.1 Å². The molecule has 348 valence electrons. The minimum absolute atomic E-state index is 0.163. The van der Waals surface area contributed by atoms with Gasteiger partial charge in [0, 0.05) is 50.8 Å². The lowest BCUT2D eigenvalue weighted by Gasteiger charge is -2.50. The molecule has 0 unspecified atom stereocenters. The zero-order chi connectivity index (χ0) is 45.4. The molecule has 5 rings (SSSR count). The van der Waals surface area contributed by atoms with Crippen LogP contribution in [0.3, 0.4) is 0 Å². The monoisotopic (exact) mass is 866 g/mol. The summed E-state index contributed by atoms with van der Waals surface area (Å²) in [6, 6.07) is -0.633. The van der Waals surface area contributed by atoms with Gasteiger partial charge in [-0.3, -0.25) is 19.5 Å². The van der Waals surface area contributed by atoms with E-state index in [0.717, 1.165) is 5.71 Å². The van der Waals surface area contributed by atoms with Crippen LogP contribution >= 0.6 is 0 Å². The van der Waals surface area contributed by atoms with Crippen molar-refractivity contribution in [3.8, 4) is 0 Å². The van der Waals surface area contributed by atoms with Gasteiger partial charge in [0.1, 0.15) is 12.2 Å². The van der Waals surface area contributed by atoms with Gasteiger partial charge in [0.05, 0.1) is 66.4 Å². The minimum atomic E-state index is -1.18. The highest BCUT2D eigenvalue weighted by atomic mass is 16.7. The number of methoxy groups -OCH3 is 2. The fourth-order valence-electron chi connectivity index (χ4n) is 10.8. The zero-order valence-electron chi connectivity index (χ0n) is 39.2. The number of aliphatic hydroxyl groups is 1. The summed E-state index contributed by atoms with van der Waals surface area (Å²) in [6.07, 6.45) is -3.03. The quantitative estimate of drug-likeness (QED) is 0.169. The number of nitrogens with zero attached hydrogens (tertiary/aromatic N) is 3. The van der Waals surface area contributed by atoms with Crippen molar-refractivity contribution in [1.29, 1.82) is 0 Å². The number of carbonyl (C=O) groups excluding carboxylic acids is 3. The second-order valence-corrected chi connectivity index (χ2v) is 19.1. The molecule has 18 atom stereocenters. The lowest BCUT2D eigenvalue weighted by molar-refractivity contribution is -0.319. The van der Waals surface area contributed by atoms with E-state index in [2.05, 4.69) is 18.7 Å². The third-order valence-electron chi connectivity index (χ3n) is 14.3. The number of rotatable bonds is 11. The van der Waals surface area contributed by atoms with E-state index >= 15 is 0 Å². The molecule has 0 aromatic carbocycles. The van der Waals surface area contributed by atoms with Crippen molar-refractivity contribution >= 4 is 23.6 Å². The number of amides is 1. The first kappa shape index (κ1) is 49.3. The van der Waals surface area contributed by atoms with Gasteiger partial charge in [-0.05, 0) is 87.7 Å². The molecular formula is C45H75N3O13. The second-order valence-electron chi connectivity index (χ2n) is 19.1. The smallest absolute Gasteiger partial charge is 0.410 e. The molecule has 5 aliphatic rings. The Morgan fingerprint density at radius 2 is 1.64 bits per heavy atom. The molecule has 0 aliphatic carbocycles. The lowest BCUT2D eigenvalue weighted by Crippen LogP contribution is -2.61. The van der Waals surface area contributed by atoms with Gasteiger partial charge in [-0.15, -0.1) is 0 Å². The Morgan fingerprint density at radius 1 is 0.967 bits per heavy atom. The van der Waals surface area contributed by atoms with Crippen LogP contribution in [0, 0.1) is 23.7 Å². The Hall–Kier alpha value is -2.70. The van der Waals surface area contributed by atoms with Crippen LogP contribution in [-0.4, -0.2) is 164 Å². The van der Waals surface area contributed by atoms with E-state index in [4.69, 9.17) is 47.6 Å². The summed E-state index contributed by atoms with van der Waals surface area (Å²) in [5.74, 6) is -2.73. The van der Waals surface area contributed by atoms with Crippen molar-refractivity contribution in [1.82, 2.24) is 9.80 Å². The maximum atomic E-state index is 14.8. The van der Waals surface area contributed by atoms with Crippen LogP contribution in [0.2, 0.25) is 0 Å². The van der Waals surface area contributed by atoms with Gasteiger partial charge < -0.3 is 52.6 Å². The molecule has 61 heavy (non-hydrogen) atoms. The van der Waals surface area contributed by atoms with Crippen LogP contribution in [-0.2, 0) is 52.2 Å². The number of carbonyl (C=O) groups is 3. The number of aliphatic imine (C=N–C) groups is 1. The molecule has 0 saturated carbocycles. The fraction of sp³-hybridized carbons (Fsp3) is 0.867. The maximum Gasteiger partial charge on any atom is 0.410 e. The first-order valence-electron chi connectivity index (χ1n) is 22.2. The summed E-state index contributed by atoms with van der Waals surface area (Å²) in [6.45, 7) is 21.4. The van der Waals surface area contributed by atoms with E-state index in [1.165, 1.54) is 19.3 Å². The van der Waals surface area contributed by atoms with Gasteiger partial charge in [0.15, 0.2) is 30.1 Å². The summed E-state index contributed by atoms with van der Waals surface area (Å²) in [5.41, 5.74) is -2.38. The Bertz CT molecular complexity index is 1610. The molecule has 0 radical (unpaired) electrons. The molecule has 0 spiro atoms. The van der Waals surface area contributed by atoms with Gasteiger partial charge in [0.2, 0.25) is 0 Å². The number of hydrogen-bond donors (Lipinski definition) is 1. The highest BCUT2D eigenvalue weighted by Gasteiger charge is 2.61. The van der Waals surface area contributed by atoms with E-state index in [1.807, 2.05) is 55.6 Å². The average Bonchev–Trinajstić information content (AvgIpc) is 3.32. The van der Waals surface area contributed by atoms with Crippen LogP contribution in [0.25, 0.3) is 0 Å². The second kappa shape index (κ2) is 19.6. The molecule has 1 amide bonds. The highest BCUT2D eigenvalue weighted by molar-refractivity contribution is 5.91. The molecule has 16 nitrogen and oxygen atoms in total. The minimum Gasteiger partial charge on any atom is -0.491 e. The van der Waals surface area contributed by atoms with Gasteiger partial charge in [-0.1, -0.05) is 27.7 Å². The summed E-state index contributed by atoms with van der Waals surface area (Å²) in [5, 5.41) is 11.1. The Balaban J connectivity index is 1.68. The lowest BCUT2D eigenvalue weighted by atomic mass is 9.72. The summed E-state index contributed by atoms with van der Waals surface area (Å²) in [4.78, 5) is 49.4. The first-order chi connectivity index (χ1) is 28.5.